The number of amides is 1. The summed E-state index contributed by atoms with van der Waals surface area (Å²) < 4.78 is 0.691. The molecule has 1 amide bonds. The average molecular weight is 347 g/mol. The first kappa shape index (κ1) is 14.3. The number of benzene rings is 1. The van der Waals surface area contributed by atoms with Gasteiger partial charge in [-0.3, -0.25) is 9.59 Å². The standard InChI is InChI=1S/C13H13BrClNO3/c1-7(13(18)19)8-5-16(6-8)12(17)10-4-9(15)2-3-11(10)14/h2-4,7-8H,5-6H2,1H3,(H,18,19). The van der Waals surface area contributed by atoms with Gasteiger partial charge in [-0.25, -0.2) is 0 Å². The molecule has 1 unspecified atom stereocenters. The van der Waals surface area contributed by atoms with Crippen molar-refractivity contribution in [1.82, 2.24) is 4.90 Å². The van der Waals surface area contributed by atoms with E-state index >= 15 is 0 Å². The Kier molecular flexibility index (Phi) is 4.16. The highest BCUT2D eigenvalue weighted by Gasteiger charge is 2.37. The van der Waals surface area contributed by atoms with E-state index in [9.17, 15) is 9.59 Å². The topological polar surface area (TPSA) is 57.6 Å². The minimum absolute atomic E-state index is 0.0272. The number of rotatable bonds is 3. The van der Waals surface area contributed by atoms with Crippen molar-refractivity contribution in [2.24, 2.45) is 11.8 Å². The number of hydrogen-bond acceptors (Lipinski definition) is 2. The summed E-state index contributed by atoms with van der Waals surface area (Å²) in [5.74, 6) is -1.34. The van der Waals surface area contributed by atoms with Crippen LogP contribution >= 0.6 is 27.5 Å². The maximum absolute atomic E-state index is 12.2. The lowest BCUT2D eigenvalue weighted by Crippen LogP contribution is -2.53. The third-order valence-corrected chi connectivity index (χ3v) is 4.38. The van der Waals surface area contributed by atoms with Crippen molar-refractivity contribution in [3.8, 4) is 0 Å². The van der Waals surface area contributed by atoms with E-state index in [1.165, 1.54) is 0 Å². The molecule has 1 heterocycles. The number of carbonyl (C=O) groups excluding carboxylic acids is 1. The summed E-state index contributed by atoms with van der Waals surface area (Å²) in [6.07, 6.45) is 0. The van der Waals surface area contributed by atoms with E-state index < -0.39 is 11.9 Å². The molecule has 102 valence electrons. The summed E-state index contributed by atoms with van der Waals surface area (Å²) in [5.41, 5.74) is 0.508. The second-order valence-electron chi connectivity index (χ2n) is 4.72. The van der Waals surface area contributed by atoms with Crippen LogP contribution in [-0.2, 0) is 4.79 Å². The number of likely N-dealkylation sites (tertiary alicyclic amines) is 1. The fourth-order valence-corrected chi connectivity index (χ4v) is 2.62. The quantitative estimate of drug-likeness (QED) is 0.915. The van der Waals surface area contributed by atoms with E-state index in [0.717, 1.165) is 0 Å². The zero-order valence-electron chi connectivity index (χ0n) is 10.3. The normalized spacial score (nSPS) is 16.9. The zero-order valence-corrected chi connectivity index (χ0v) is 12.6. The molecule has 1 saturated heterocycles. The molecule has 1 fully saturated rings. The lowest BCUT2D eigenvalue weighted by Gasteiger charge is -2.41. The van der Waals surface area contributed by atoms with Crippen molar-refractivity contribution in [1.29, 1.82) is 0 Å². The van der Waals surface area contributed by atoms with Gasteiger partial charge >= 0.3 is 5.97 Å². The van der Waals surface area contributed by atoms with Crippen molar-refractivity contribution in [2.75, 3.05) is 13.1 Å². The van der Waals surface area contributed by atoms with Crippen LogP contribution in [0.5, 0.6) is 0 Å². The molecule has 1 aliphatic rings. The number of carboxylic acids is 1. The van der Waals surface area contributed by atoms with Crippen molar-refractivity contribution < 1.29 is 14.7 Å². The molecule has 19 heavy (non-hydrogen) atoms. The maximum Gasteiger partial charge on any atom is 0.306 e. The molecule has 0 aliphatic carbocycles. The molecule has 1 aliphatic heterocycles. The Morgan fingerprint density at radius 3 is 2.68 bits per heavy atom. The Morgan fingerprint density at radius 1 is 1.47 bits per heavy atom. The summed E-state index contributed by atoms with van der Waals surface area (Å²) in [5, 5.41) is 9.41. The van der Waals surface area contributed by atoms with Crippen LogP contribution in [0.3, 0.4) is 0 Å². The van der Waals surface area contributed by atoms with Gasteiger partial charge in [-0.15, -0.1) is 0 Å². The number of aliphatic carboxylic acids is 1. The third kappa shape index (κ3) is 2.92. The van der Waals surface area contributed by atoms with E-state index in [4.69, 9.17) is 16.7 Å². The monoisotopic (exact) mass is 345 g/mol. The van der Waals surface area contributed by atoms with Crippen molar-refractivity contribution in [3.05, 3.63) is 33.3 Å². The van der Waals surface area contributed by atoms with Gasteiger partial charge in [0.2, 0.25) is 0 Å². The van der Waals surface area contributed by atoms with Gasteiger partial charge in [-0.05, 0) is 34.1 Å². The van der Waals surface area contributed by atoms with Crippen molar-refractivity contribution in [3.63, 3.8) is 0 Å². The predicted molar refractivity (Wildman–Crippen MR) is 75.3 cm³/mol. The van der Waals surface area contributed by atoms with Gasteiger partial charge < -0.3 is 10.0 Å². The summed E-state index contributed by atoms with van der Waals surface area (Å²) >= 11 is 9.20. The van der Waals surface area contributed by atoms with E-state index in [-0.39, 0.29) is 11.8 Å². The lowest BCUT2D eigenvalue weighted by atomic mass is 9.86. The van der Waals surface area contributed by atoms with E-state index in [1.54, 1.807) is 30.0 Å². The Bertz CT molecular complexity index is 529. The minimum atomic E-state index is -0.818. The molecule has 4 nitrogen and oxygen atoms in total. The van der Waals surface area contributed by atoms with Crippen LogP contribution in [0, 0.1) is 11.8 Å². The van der Waals surface area contributed by atoms with E-state index in [2.05, 4.69) is 15.9 Å². The van der Waals surface area contributed by atoms with Crippen LogP contribution in [0.2, 0.25) is 5.02 Å². The summed E-state index contributed by atoms with van der Waals surface area (Å²) in [6, 6.07) is 5.04. The predicted octanol–water partition coefficient (Wildman–Crippen LogP) is 2.90. The second-order valence-corrected chi connectivity index (χ2v) is 6.01. The smallest absolute Gasteiger partial charge is 0.306 e. The highest BCUT2D eigenvalue weighted by atomic mass is 79.9. The highest BCUT2D eigenvalue weighted by Crippen LogP contribution is 2.29. The molecule has 0 aromatic heterocycles. The molecule has 0 radical (unpaired) electrons. The molecule has 1 aromatic rings. The van der Waals surface area contributed by atoms with E-state index in [0.29, 0.717) is 28.1 Å². The van der Waals surface area contributed by atoms with Gasteiger partial charge in [-0.1, -0.05) is 18.5 Å². The van der Waals surface area contributed by atoms with Gasteiger partial charge in [0.1, 0.15) is 0 Å². The van der Waals surface area contributed by atoms with Crippen molar-refractivity contribution >= 4 is 39.4 Å². The molecule has 1 aromatic carbocycles. The lowest BCUT2D eigenvalue weighted by molar-refractivity contribution is -0.144. The van der Waals surface area contributed by atoms with E-state index in [1.807, 2.05) is 0 Å². The summed E-state index contributed by atoms with van der Waals surface area (Å²) in [4.78, 5) is 24.7. The Hall–Kier alpha value is -1.07. The van der Waals surface area contributed by atoms with Crippen LogP contribution in [0.1, 0.15) is 17.3 Å². The molecule has 1 atom stereocenters. The largest absolute Gasteiger partial charge is 0.481 e. The molecule has 0 spiro atoms. The number of halogens is 2. The average Bonchev–Trinajstić information content (AvgIpc) is 2.29. The number of nitrogens with zero attached hydrogens (tertiary/aromatic N) is 1. The summed E-state index contributed by atoms with van der Waals surface area (Å²) in [7, 11) is 0. The zero-order chi connectivity index (χ0) is 14.2. The first-order chi connectivity index (χ1) is 8.90. The van der Waals surface area contributed by atoms with Crippen LogP contribution in [0.15, 0.2) is 22.7 Å². The Labute approximate surface area is 124 Å². The molecule has 6 heteroatoms. The first-order valence-electron chi connectivity index (χ1n) is 5.87. The molecule has 0 bridgehead atoms. The molecular weight excluding hydrogens is 334 g/mol. The van der Waals surface area contributed by atoms with Gasteiger partial charge in [0.25, 0.3) is 5.91 Å². The second kappa shape index (κ2) is 5.51. The fourth-order valence-electron chi connectivity index (χ4n) is 2.03. The number of hydrogen-bond donors (Lipinski definition) is 1. The molecular formula is C13H13BrClNO3. The Morgan fingerprint density at radius 2 is 2.11 bits per heavy atom. The fraction of sp³-hybridized carbons (Fsp3) is 0.385. The van der Waals surface area contributed by atoms with Crippen molar-refractivity contribution in [2.45, 2.75) is 6.92 Å². The van der Waals surface area contributed by atoms with Crippen LogP contribution < -0.4 is 0 Å². The maximum atomic E-state index is 12.2. The Balaban J connectivity index is 2.04. The third-order valence-electron chi connectivity index (χ3n) is 3.45. The van der Waals surface area contributed by atoms with Gasteiger partial charge in [0.05, 0.1) is 11.5 Å². The van der Waals surface area contributed by atoms with Gasteiger partial charge in [0, 0.05) is 28.5 Å². The molecule has 0 saturated carbocycles. The molecule has 1 N–H and O–H groups in total. The minimum Gasteiger partial charge on any atom is -0.481 e. The SMILES string of the molecule is CC(C(=O)O)C1CN(C(=O)c2cc(Cl)ccc2Br)C1. The van der Waals surface area contributed by atoms with Crippen LogP contribution in [0.25, 0.3) is 0 Å². The molecule has 2 rings (SSSR count). The van der Waals surface area contributed by atoms with Crippen LogP contribution in [-0.4, -0.2) is 35.0 Å². The number of carbonyl (C=O) groups is 2. The first-order valence-corrected chi connectivity index (χ1v) is 7.04. The summed E-state index contributed by atoms with van der Waals surface area (Å²) in [6.45, 7) is 2.63. The van der Waals surface area contributed by atoms with Gasteiger partial charge in [0.15, 0.2) is 0 Å². The number of carboxylic acid groups (broad SMARTS) is 1. The highest BCUT2D eigenvalue weighted by molar-refractivity contribution is 9.10. The van der Waals surface area contributed by atoms with Gasteiger partial charge in [-0.2, -0.15) is 0 Å². The van der Waals surface area contributed by atoms with Crippen LogP contribution in [0.4, 0.5) is 0 Å².